The maximum atomic E-state index is 12.4. The second-order valence-electron chi connectivity index (χ2n) is 8.81. The van der Waals surface area contributed by atoms with Crippen LogP contribution in [0.1, 0.15) is 37.2 Å². The lowest BCUT2D eigenvalue weighted by atomic mass is 10.1. The molecule has 2 aliphatic carbocycles. The van der Waals surface area contributed by atoms with Crippen LogP contribution in [0.3, 0.4) is 0 Å². The average Bonchev–Trinajstić information content (AvgIpc) is 3.51. The van der Waals surface area contributed by atoms with Crippen molar-refractivity contribution in [3.05, 3.63) is 35.9 Å². The van der Waals surface area contributed by atoms with Crippen LogP contribution in [0.25, 0.3) is 0 Å². The van der Waals surface area contributed by atoms with Crippen LogP contribution in [0.4, 0.5) is 0 Å². The molecular formula is C22H25N3O4. The molecule has 1 unspecified atom stereocenters. The summed E-state index contributed by atoms with van der Waals surface area (Å²) in [6.07, 6.45) is 2.05. The van der Waals surface area contributed by atoms with Gasteiger partial charge < -0.3 is 10.2 Å². The van der Waals surface area contributed by atoms with Crippen LogP contribution < -0.4 is 5.32 Å². The Morgan fingerprint density at radius 1 is 1.00 bits per heavy atom. The smallest absolute Gasteiger partial charge is 0.242 e. The number of hydrogen-bond donors (Lipinski definition) is 1. The molecule has 1 aromatic rings. The van der Waals surface area contributed by atoms with Crippen molar-refractivity contribution in [2.45, 2.75) is 37.6 Å². The third kappa shape index (κ3) is 3.54. The Bertz CT molecular complexity index is 842. The minimum absolute atomic E-state index is 0.110. The molecule has 2 heterocycles. The summed E-state index contributed by atoms with van der Waals surface area (Å²) in [4.78, 5) is 51.0. The molecule has 2 saturated carbocycles. The van der Waals surface area contributed by atoms with Crippen molar-refractivity contribution >= 4 is 23.6 Å². The second kappa shape index (κ2) is 6.97. The van der Waals surface area contributed by atoms with Gasteiger partial charge in [-0.1, -0.05) is 30.3 Å². The molecule has 7 heteroatoms. The van der Waals surface area contributed by atoms with Gasteiger partial charge in [-0.25, -0.2) is 0 Å². The van der Waals surface area contributed by atoms with E-state index in [0.29, 0.717) is 43.2 Å². The Balaban J connectivity index is 1.05. The first-order valence-corrected chi connectivity index (χ1v) is 10.5. The summed E-state index contributed by atoms with van der Waals surface area (Å²) in [6, 6.07) is 10.5. The van der Waals surface area contributed by atoms with Crippen molar-refractivity contribution in [1.82, 2.24) is 15.1 Å². The van der Waals surface area contributed by atoms with E-state index in [9.17, 15) is 19.2 Å². The Labute approximate surface area is 169 Å². The lowest BCUT2D eigenvalue weighted by Gasteiger charge is -2.23. The summed E-state index contributed by atoms with van der Waals surface area (Å²) in [5, 5.41) is 3.15. The summed E-state index contributed by atoms with van der Waals surface area (Å²) in [6.45, 7) is 1.05. The molecule has 1 aromatic carbocycles. The van der Waals surface area contributed by atoms with Gasteiger partial charge in [0, 0.05) is 50.2 Å². The molecule has 2 saturated heterocycles. The third-order valence-electron chi connectivity index (χ3n) is 6.92. The van der Waals surface area contributed by atoms with Crippen LogP contribution in [0.2, 0.25) is 0 Å². The number of likely N-dealkylation sites (tertiary alicyclic amines) is 2. The van der Waals surface area contributed by atoms with E-state index in [-0.39, 0.29) is 49.1 Å². The summed E-state index contributed by atoms with van der Waals surface area (Å²) in [7, 11) is 0. The van der Waals surface area contributed by atoms with Gasteiger partial charge in [0.05, 0.1) is 0 Å². The number of nitrogens with zero attached hydrogens (tertiary/aromatic N) is 2. The van der Waals surface area contributed by atoms with Crippen LogP contribution >= 0.6 is 0 Å². The summed E-state index contributed by atoms with van der Waals surface area (Å²) in [5.41, 5.74) is 1.32. The van der Waals surface area contributed by atoms with Crippen molar-refractivity contribution < 1.29 is 19.2 Å². The molecule has 7 nitrogen and oxygen atoms in total. The highest BCUT2D eigenvalue weighted by Gasteiger charge is 2.57. The van der Waals surface area contributed by atoms with Gasteiger partial charge in [0.15, 0.2) is 0 Å². The van der Waals surface area contributed by atoms with Crippen molar-refractivity contribution in [3.63, 3.8) is 0 Å². The van der Waals surface area contributed by atoms with Gasteiger partial charge in [0.25, 0.3) is 0 Å². The number of carbonyl (C=O) groups excluding carboxylic acids is 4. The monoisotopic (exact) mass is 395 g/mol. The molecule has 152 valence electrons. The van der Waals surface area contributed by atoms with Crippen LogP contribution in [0.15, 0.2) is 30.3 Å². The van der Waals surface area contributed by atoms with Crippen LogP contribution in [0.5, 0.6) is 0 Å². The van der Waals surface area contributed by atoms with Crippen molar-refractivity contribution in [2.75, 3.05) is 19.6 Å². The fourth-order valence-corrected chi connectivity index (χ4v) is 5.04. The highest BCUT2D eigenvalue weighted by Crippen LogP contribution is 2.50. The van der Waals surface area contributed by atoms with E-state index in [1.165, 1.54) is 5.56 Å². The zero-order valence-corrected chi connectivity index (χ0v) is 16.3. The van der Waals surface area contributed by atoms with Gasteiger partial charge in [-0.05, 0) is 23.8 Å². The number of piperidine rings is 1. The van der Waals surface area contributed by atoms with E-state index in [1.54, 1.807) is 4.90 Å². The zero-order chi connectivity index (χ0) is 20.1. The lowest BCUT2D eigenvalue weighted by Crippen LogP contribution is -2.44. The van der Waals surface area contributed by atoms with E-state index in [4.69, 9.17) is 0 Å². The van der Waals surface area contributed by atoms with E-state index >= 15 is 0 Å². The molecular weight excluding hydrogens is 370 g/mol. The summed E-state index contributed by atoms with van der Waals surface area (Å²) in [5.74, 6) is 0.968. The molecule has 0 radical (unpaired) electrons. The molecule has 4 fully saturated rings. The molecule has 4 amide bonds. The number of benzene rings is 1. The largest absolute Gasteiger partial charge is 0.353 e. The number of hydrogen-bond acceptors (Lipinski definition) is 4. The molecule has 5 atom stereocenters. The molecule has 4 aliphatic rings. The van der Waals surface area contributed by atoms with E-state index in [0.717, 1.165) is 11.3 Å². The van der Waals surface area contributed by atoms with E-state index in [2.05, 4.69) is 17.4 Å². The molecule has 1 N–H and O–H groups in total. The average molecular weight is 395 g/mol. The van der Waals surface area contributed by atoms with Crippen LogP contribution in [0, 0.1) is 17.8 Å². The molecule has 2 aliphatic heterocycles. The first-order chi connectivity index (χ1) is 14.0. The Morgan fingerprint density at radius 3 is 2.31 bits per heavy atom. The molecule has 29 heavy (non-hydrogen) atoms. The Morgan fingerprint density at radius 2 is 1.66 bits per heavy atom. The number of rotatable bonds is 6. The first-order valence-electron chi connectivity index (χ1n) is 10.5. The normalized spacial score (nSPS) is 32.3. The van der Waals surface area contributed by atoms with Gasteiger partial charge in [-0.2, -0.15) is 0 Å². The molecule has 5 rings (SSSR count). The van der Waals surface area contributed by atoms with Crippen molar-refractivity contribution in [1.29, 1.82) is 0 Å². The third-order valence-corrected chi connectivity index (χ3v) is 6.92. The van der Waals surface area contributed by atoms with Gasteiger partial charge in [-0.3, -0.25) is 24.1 Å². The quantitative estimate of drug-likeness (QED) is 0.725. The van der Waals surface area contributed by atoms with Crippen LogP contribution in [-0.2, 0) is 19.2 Å². The first kappa shape index (κ1) is 18.3. The Kier molecular flexibility index (Phi) is 4.41. The zero-order valence-electron chi connectivity index (χ0n) is 16.3. The molecule has 0 bridgehead atoms. The molecule has 0 aromatic heterocycles. The minimum Gasteiger partial charge on any atom is -0.353 e. The lowest BCUT2D eigenvalue weighted by molar-refractivity contribution is -0.145. The summed E-state index contributed by atoms with van der Waals surface area (Å²) >= 11 is 0. The Hall–Kier alpha value is -2.70. The standard InChI is InChI=1S/C22H25N3O4/c26-18(9-14-8-15(14)13-4-2-1-3-5-13)23-22-16-10-24(11-17(16)22)21(29)12-25-19(27)6-7-20(25)28/h1-5,14-17,22H,6-12H2,(H,23,26)/t14-,15-,16-,17+,22?/m0/s1. The second-order valence-corrected chi connectivity index (χ2v) is 8.81. The maximum absolute atomic E-state index is 12.4. The van der Waals surface area contributed by atoms with Crippen LogP contribution in [-0.4, -0.2) is 59.1 Å². The predicted molar refractivity (Wildman–Crippen MR) is 103 cm³/mol. The number of imide groups is 1. The number of amides is 4. The van der Waals surface area contributed by atoms with E-state index in [1.807, 2.05) is 18.2 Å². The summed E-state index contributed by atoms with van der Waals surface area (Å²) < 4.78 is 0. The van der Waals surface area contributed by atoms with Gasteiger partial charge in [0.1, 0.15) is 6.54 Å². The number of carbonyl (C=O) groups is 4. The van der Waals surface area contributed by atoms with Crippen molar-refractivity contribution in [2.24, 2.45) is 17.8 Å². The maximum Gasteiger partial charge on any atom is 0.242 e. The number of nitrogens with one attached hydrogen (secondary N) is 1. The minimum atomic E-state index is -0.258. The number of fused-ring (bicyclic) bond motifs is 1. The molecule has 0 spiro atoms. The fraction of sp³-hybridized carbons (Fsp3) is 0.545. The fourth-order valence-electron chi connectivity index (χ4n) is 5.04. The van der Waals surface area contributed by atoms with E-state index < -0.39 is 0 Å². The highest BCUT2D eigenvalue weighted by molar-refractivity contribution is 6.04. The topological polar surface area (TPSA) is 86.8 Å². The SMILES string of the molecule is O=C(C[C@@H]1C[C@H]1c1ccccc1)NC1[C@H]2CN(C(=O)CN3C(=O)CCC3=O)C[C@@H]12. The van der Waals surface area contributed by atoms with Gasteiger partial charge in [0.2, 0.25) is 23.6 Å². The highest BCUT2D eigenvalue weighted by atomic mass is 16.2. The van der Waals surface area contributed by atoms with Gasteiger partial charge >= 0.3 is 0 Å². The predicted octanol–water partition coefficient (Wildman–Crippen LogP) is 0.902. The van der Waals surface area contributed by atoms with Gasteiger partial charge in [-0.15, -0.1) is 0 Å². The van der Waals surface area contributed by atoms with Crippen molar-refractivity contribution in [3.8, 4) is 0 Å².